The Labute approximate surface area is 168 Å². The van der Waals surface area contributed by atoms with Crippen LogP contribution in [-0.4, -0.2) is 17.0 Å². The summed E-state index contributed by atoms with van der Waals surface area (Å²) in [6.45, 7) is 6.71. The van der Waals surface area contributed by atoms with Gasteiger partial charge in [-0.2, -0.15) is 0 Å². The van der Waals surface area contributed by atoms with Crippen LogP contribution in [-0.2, 0) is 12.0 Å². The Hall–Kier alpha value is -2.92. The molecule has 0 saturated carbocycles. The summed E-state index contributed by atoms with van der Waals surface area (Å²) in [6, 6.07) is 18.6. The number of aromatic carboxylic acids is 1. The largest absolute Gasteiger partial charge is 0.478 e. The lowest BCUT2D eigenvalue weighted by molar-refractivity contribution is 0.0696. The summed E-state index contributed by atoms with van der Waals surface area (Å²) in [5.41, 5.74) is 3.06. The Bertz CT molecular complexity index is 1000. The lowest BCUT2D eigenvalue weighted by Crippen LogP contribution is -2.22. The van der Waals surface area contributed by atoms with E-state index < -0.39 is 5.97 Å². The van der Waals surface area contributed by atoms with Crippen molar-refractivity contribution in [2.45, 2.75) is 32.7 Å². The number of hydrogen-bond donors (Lipinski definition) is 2. The zero-order valence-electron chi connectivity index (χ0n) is 16.2. The first kappa shape index (κ1) is 19.8. The lowest BCUT2D eigenvalue weighted by atomic mass is 9.89. The first-order valence-electron chi connectivity index (χ1n) is 9.06. The number of hydrogen-bond acceptors (Lipinski definition) is 3. The molecule has 0 saturated heterocycles. The molecule has 0 radical (unpaired) electrons. The molecule has 0 atom stereocenters. The predicted molar refractivity (Wildman–Crippen MR) is 113 cm³/mol. The van der Waals surface area contributed by atoms with Gasteiger partial charge in [0.25, 0.3) is 5.91 Å². The topological polar surface area (TPSA) is 66.4 Å². The third kappa shape index (κ3) is 4.49. The van der Waals surface area contributed by atoms with Crippen molar-refractivity contribution in [3.63, 3.8) is 0 Å². The van der Waals surface area contributed by atoms with Gasteiger partial charge >= 0.3 is 5.97 Å². The van der Waals surface area contributed by atoms with E-state index in [0.717, 1.165) is 21.6 Å². The third-order valence-corrected chi connectivity index (χ3v) is 5.91. The zero-order chi connectivity index (χ0) is 20.3. The second-order valence-corrected chi connectivity index (χ2v) is 8.71. The molecular weight excluding hydrogens is 370 g/mol. The molecule has 1 aromatic heterocycles. The van der Waals surface area contributed by atoms with Crippen molar-refractivity contribution in [2.75, 3.05) is 0 Å². The van der Waals surface area contributed by atoms with Gasteiger partial charge in [0.15, 0.2) is 0 Å². The second-order valence-electron chi connectivity index (χ2n) is 7.66. The van der Waals surface area contributed by atoms with Crippen LogP contribution in [0, 0.1) is 0 Å². The van der Waals surface area contributed by atoms with Gasteiger partial charge in [0.05, 0.1) is 10.4 Å². The fourth-order valence-corrected chi connectivity index (χ4v) is 4.13. The van der Waals surface area contributed by atoms with Crippen LogP contribution in [0.15, 0.2) is 60.7 Å². The van der Waals surface area contributed by atoms with Crippen LogP contribution in [0.25, 0.3) is 11.1 Å². The minimum absolute atomic E-state index is 0.0792. The van der Waals surface area contributed by atoms with Crippen molar-refractivity contribution in [1.82, 2.24) is 5.32 Å². The Morgan fingerprint density at radius 2 is 1.71 bits per heavy atom. The van der Waals surface area contributed by atoms with Crippen LogP contribution in [0.1, 0.15) is 51.2 Å². The molecule has 28 heavy (non-hydrogen) atoms. The number of carbonyl (C=O) groups is 2. The molecule has 4 nitrogen and oxygen atoms in total. The third-order valence-electron chi connectivity index (χ3n) is 4.35. The molecule has 0 fully saturated rings. The lowest BCUT2D eigenvalue weighted by Gasteiger charge is -2.19. The molecule has 2 N–H and O–H groups in total. The monoisotopic (exact) mass is 393 g/mol. The van der Waals surface area contributed by atoms with Gasteiger partial charge in [-0.3, -0.25) is 4.79 Å². The van der Waals surface area contributed by atoms with Gasteiger partial charge in [0.1, 0.15) is 0 Å². The number of rotatable bonds is 5. The standard InChI is InChI=1S/C23H23NO3S/c1-23(2,3)20-18(16-9-5-4-6-10-16)13-19(28-20)21(25)24-14-15-8-7-11-17(12-15)22(26)27/h4-13H,14H2,1-3H3,(H,24,25)(H,26,27). The van der Waals surface area contributed by atoms with Gasteiger partial charge in [-0.15, -0.1) is 11.3 Å². The van der Waals surface area contributed by atoms with Crippen molar-refractivity contribution < 1.29 is 14.7 Å². The SMILES string of the molecule is CC(C)(C)c1sc(C(=O)NCc2cccc(C(=O)O)c2)cc1-c1ccccc1. The van der Waals surface area contributed by atoms with Gasteiger partial charge in [-0.05, 0) is 40.3 Å². The number of carboxylic acid groups (broad SMARTS) is 1. The summed E-state index contributed by atoms with van der Waals surface area (Å²) in [7, 11) is 0. The van der Waals surface area contributed by atoms with Crippen LogP contribution in [0.4, 0.5) is 0 Å². The molecule has 0 aliphatic carbocycles. The van der Waals surface area contributed by atoms with E-state index in [2.05, 4.69) is 38.2 Å². The average molecular weight is 394 g/mol. The van der Waals surface area contributed by atoms with Crippen LogP contribution in [0.3, 0.4) is 0 Å². The minimum Gasteiger partial charge on any atom is -0.478 e. The van der Waals surface area contributed by atoms with E-state index in [9.17, 15) is 9.59 Å². The number of amides is 1. The van der Waals surface area contributed by atoms with E-state index >= 15 is 0 Å². The zero-order valence-corrected chi connectivity index (χ0v) is 17.0. The highest BCUT2D eigenvalue weighted by Crippen LogP contribution is 2.39. The molecule has 0 aliphatic rings. The van der Waals surface area contributed by atoms with E-state index in [1.807, 2.05) is 24.3 Å². The van der Waals surface area contributed by atoms with Crippen molar-refractivity contribution in [2.24, 2.45) is 0 Å². The molecular formula is C23H23NO3S. The second kappa shape index (κ2) is 7.98. The molecule has 2 aromatic carbocycles. The maximum absolute atomic E-state index is 12.7. The predicted octanol–water partition coefficient (Wildman–Crippen LogP) is 5.34. The first-order chi connectivity index (χ1) is 13.3. The van der Waals surface area contributed by atoms with E-state index in [4.69, 9.17) is 5.11 Å². The molecule has 1 heterocycles. The number of thiophene rings is 1. The van der Waals surface area contributed by atoms with Crippen molar-refractivity contribution >= 4 is 23.2 Å². The summed E-state index contributed by atoms with van der Waals surface area (Å²) in [5, 5.41) is 12.0. The number of carbonyl (C=O) groups excluding carboxylic acids is 1. The molecule has 144 valence electrons. The Morgan fingerprint density at radius 1 is 1.00 bits per heavy atom. The van der Waals surface area contributed by atoms with Crippen molar-refractivity contribution in [3.8, 4) is 11.1 Å². The summed E-state index contributed by atoms with van der Waals surface area (Å²) >= 11 is 1.51. The summed E-state index contributed by atoms with van der Waals surface area (Å²) in [6.07, 6.45) is 0. The van der Waals surface area contributed by atoms with Crippen molar-refractivity contribution in [3.05, 3.63) is 81.5 Å². The van der Waals surface area contributed by atoms with Crippen LogP contribution < -0.4 is 5.32 Å². The highest BCUT2D eigenvalue weighted by Gasteiger charge is 2.24. The van der Waals surface area contributed by atoms with Crippen LogP contribution in [0.2, 0.25) is 0 Å². The Balaban J connectivity index is 1.83. The average Bonchev–Trinajstić information content (AvgIpc) is 3.13. The molecule has 3 rings (SSSR count). The minimum atomic E-state index is -0.978. The maximum Gasteiger partial charge on any atom is 0.335 e. The Morgan fingerprint density at radius 3 is 2.36 bits per heavy atom. The van der Waals surface area contributed by atoms with E-state index in [1.54, 1.807) is 18.2 Å². The fourth-order valence-electron chi connectivity index (χ4n) is 2.98. The highest BCUT2D eigenvalue weighted by atomic mass is 32.1. The van der Waals surface area contributed by atoms with E-state index in [1.165, 1.54) is 17.4 Å². The van der Waals surface area contributed by atoms with E-state index in [0.29, 0.717) is 4.88 Å². The molecule has 3 aromatic rings. The first-order valence-corrected chi connectivity index (χ1v) is 9.87. The smallest absolute Gasteiger partial charge is 0.335 e. The summed E-state index contributed by atoms with van der Waals surface area (Å²) in [4.78, 5) is 25.7. The Kier molecular flexibility index (Phi) is 5.66. The van der Waals surface area contributed by atoms with E-state index in [-0.39, 0.29) is 23.4 Å². The van der Waals surface area contributed by atoms with Gasteiger partial charge in [-0.25, -0.2) is 4.79 Å². The molecule has 5 heteroatoms. The molecule has 0 bridgehead atoms. The van der Waals surface area contributed by atoms with Gasteiger partial charge in [0.2, 0.25) is 0 Å². The quantitative estimate of drug-likeness (QED) is 0.615. The summed E-state index contributed by atoms with van der Waals surface area (Å²) in [5.74, 6) is -1.13. The van der Waals surface area contributed by atoms with Crippen molar-refractivity contribution in [1.29, 1.82) is 0 Å². The normalized spacial score (nSPS) is 11.2. The molecule has 0 aliphatic heterocycles. The molecule has 1 amide bonds. The van der Waals surface area contributed by atoms with Crippen LogP contribution >= 0.6 is 11.3 Å². The van der Waals surface area contributed by atoms with Crippen LogP contribution in [0.5, 0.6) is 0 Å². The number of carboxylic acids is 1. The fraction of sp³-hybridized carbons (Fsp3) is 0.217. The maximum atomic E-state index is 12.7. The van der Waals surface area contributed by atoms with Gasteiger partial charge < -0.3 is 10.4 Å². The highest BCUT2D eigenvalue weighted by molar-refractivity contribution is 7.14. The molecule has 0 spiro atoms. The molecule has 0 unspecified atom stereocenters. The van der Waals surface area contributed by atoms with Gasteiger partial charge in [-0.1, -0.05) is 63.2 Å². The summed E-state index contributed by atoms with van der Waals surface area (Å²) < 4.78 is 0. The number of benzene rings is 2. The number of nitrogens with one attached hydrogen (secondary N) is 1. The van der Waals surface area contributed by atoms with Gasteiger partial charge in [0, 0.05) is 11.4 Å².